The summed E-state index contributed by atoms with van der Waals surface area (Å²) in [6.45, 7) is 2.68. The van der Waals surface area contributed by atoms with Gasteiger partial charge in [0.1, 0.15) is 5.75 Å². The highest BCUT2D eigenvalue weighted by molar-refractivity contribution is 7.20. The molecule has 27 heavy (non-hydrogen) atoms. The molecule has 0 aliphatic carbocycles. The molecule has 0 bridgehead atoms. The predicted octanol–water partition coefficient (Wildman–Crippen LogP) is 3.82. The van der Waals surface area contributed by atoms with E-state index in [1.165, 1.54) is 16.9 Å². The first-order chi connectivity index (χ1) is 13.2. The van der Waals surface area contributed by atoms with Crippen molar-refractivity contribution in [1.82, 2.24) is 14.9 Å². The summed E-state index contributed by atoms with van der Waals surface area (Å²) in [5.41, 5.74) is 1.95. The Morgan fingerprint density at radius 1 is 1.22 bits per heavy atom. The van der Waals surface area contributed by atoms with Gasteiger partial charge in [0.25, 0.3) is 5.19 Å². The molecule has 1 aromatic carbocycles. The number of aliphatic carboxylic acids is 1. The Morgan fingerprint density at radius 2 is 2.00 bits per heavy atom. The van der Waals surface area contributed by atoms with Crippen LogP contribution in [0.5, 0.6) is 10.9 Å². The minimum atomic E-state index is -0.658. The van der Waals surface area contributed by atoms with Crippen LogP contribution in [0.25, 0.3) is 10.3 Å². The molecule has 2 aromatic heterocycles. The number of hydrogen-bond acceptors (Lipinski definition) is 6. The van der Waals surface area contributed by atoms with Gasteiger partial charge in [-0.3, -0.25) is 4.79 Å². The van der Waals surface area contributed by atoms with Gasteiger partial charge in [-0.2, -0.15) is 4.98 Å². The van der Waals surface area contributed by atoms with Gasteiger partial charge in [-0.1, -0.05) is 23.5 Å². The van der Waals surface area contributed by atoms with Crippen LogP contribution in [-0.4, -0.2) is 45.6 Å². The van der Waals surface area contributed by atoms with E-state index in [1.807, 2.05) is 24.3 Å². The topological polar surface area (TPSA) is 75.5 Å². The molecule has 3 aromatic rings. The molecule has 4 rings (SSSR count). The molecule has 0 radical (unpaired) electrons. The van der Waals surface area contributed by atoms with Gasteiger partial charge in [-0.25, -0.2) is 4.98 Å². The molecular formula is C20H21N3O3S. The first-order valence-electron chi connectivity index (χ1n) is 9.11. The monoisotopic (exact) mass is 383 g/mol. The summed E-state index contributed by atoms with van der Waals surface area (Å²) in [6, 6.07) is 11.9. The smallest absolute Gasteiger partial charge is 0.306 e. The number of hydrogen-bond donors (Lipinski definition) is 1. The fourth-order valence-corrected chi connectivity index (χ4v) is 4.10. The molecular weight excluding hydrogens is 362 g/mol. The third-order valence-electron chi connectivity index (χ3n) is 4.93. The first-order valence-corrected chi connectivity index (χ1v) is 9.92. The van der Waals surface area contributed by atoms with Gasteiger partial charge < -0.3 is 14.7 Å². The van der Waals surface area contributed by atoms with Crippen molar-refractivity contribution in [2.75, 3.05) is 19.6 Å². The Labute approximate surface area is 161 Å². The summed E-state index contributed by atoms with van der Waals surface area (Å²) in [7, 11) is 0. The second-order valence-corrected chi connectivity index (χ2v) is 7.75. The van der Waals surface area contributed by atoms with Crippen LogP contribution < -0.4 is 4.74 Å². The summed E-state index contributed by atoms with van der Waals surface area (Å²) < 4.78 is 6.86. The van der Waals surface area contributed by atoms with Crippen molar-refractivity contribution >= 4 is 27.7 Å². The normalized spacial score (nSPS) is 15.9. The summed E-state index contributed by atoms with van der Waals surface area (Å²) in [4.78, 5) is 22.0. The lowest BCUT2D eigenvalue weighted by atomic mass is 9.97. The van der Waals surface area contributed by atoms with Crippen LogP contribution in [-0.2, 0) is 11.2 Å². The highest BCUT2D eigenvalue weighted by atomic mass is 32.1. The molecule has 1 saturated heterocycles. The van der Waals surface area contributed by atoms with E-state index in [-0.39, 0.29) is 5.92 Å². The lowest BCUT2D eigenvalue weighted by Crippen LogP contribution is -2.37. The van der Waals surface area contributed by atoms with Crippen LogP contribution in [0.15, 0.2) is 42.6 Å². The molecule has 0 spiro atoms. The average molecular weight is 383 g/mol. The zero-order valence-electron chi connectivity index (χ0n) is 14.9. The third-order valence-corrected chi connectivity index (χ3v) is 5.82. The zero-order valence-corrected chi connectivity index (χ0v) is 15.7. The number of likely N-dealkylation sites (tertiary alicyclic amines) is 1. The Balaban J connectivity index is 1.29. The summed E-state index contributed by atoms with van der Waals surface area (Å²) >= 11 is 1.48. The third kappa shape index (κ3) is 4.43. The van der Waals surface area contributed by atoms with Crippen molar-refractivity contribution in [2.45, 2.75) is 19.3 Å². The van der Waals surface area contributed by atoms with Crippen LogP contribution in [0.3, 0.4) is 0 Å². The molecule has 1 aliphatic heterocycles. The number of carboxylic acids is 1. The van der Waals surface area contributed by atoms with Crippen molar-refractivity contribution in [2.24, 2.45) is 5.92 Å². The molecule has 7 heteroatoms. The number of piperidine rings is 1. The van der Waals surface area contributed by atoms with Crippen molar-refractivity contribution in [3.63, 3.8) is 0 Å². The molecule has 0 saturated carbocycles. The number of pyridine rings is 1. The Hall–Kier alpha value is -2.51. The maximum Gasteiger partial charge on any atom is 0.306 e. The van der Waals surface area contributed by atoms with Gasteiger partial charge in [0, 0.05) is 12.7 Å². The first kappa shape index (κ1) is 17.9. The fraction of sp³-hybridized carbons (Fsp3) is 0.350. The van der Waals surface area contributed by atoms with E-state index in [9.17, 15) is 4.79 Å². The van der Waals surface area contributed by atoms with E-state index < -0.39 is 5.97 Å². The highest BCUT2D eigenvalue weighted by Gasteiger charge is 2.23. The van der Waals surface area contributed by atoms with Crippen molar-refractivity contribution in [3.05, 3.63) is 48.2 Å². The number of benzene rings is 1. The molecule has 0 unspecified atom stereocenters. The van der Waals surface area contributed by atoms with Crippen LogP contribution in [0, 0.1) is 5.92 Å². The van der Waals surface area contributed by atoms with E-state index in [2.05, 4.69) is 27.0 Å². The maximum absolute atomic E-state index is 11.0. The number of rotatable bonds is 6. The van der Waals surface area contributed by atoms with Crippen LogP contribution in [0.1, 0.15) is 18.4 Å². The molecule has 1 fully saturated rings. The second kappa shape index (κ2) is 8.02. The minimum absolute atomic E-state index is 0.171. The van der Waals surface area contributed by atoms with E-state index >= 15 is 0 Å². The summed E-state index contributed by atoms with van der Waals surface area (Å²) in [6.07, 6.45) is 4.17. The molecule has 0 amide bonds. The van der Waals surface area contributed by atoms with Crippen LogP contribution in [0.2, 0.25) is 0 Å². The quantitative estimate of drug-likeness (QED) is 0.697. The van der Waals surface area contributed by atoms with E-state index in [0.717, 1.165) is 49.3 Å². The van der Waals surface area contributed by atoms with Gasteiger partial charge >= 0.3 is 5.97 Å². The van der Waals surface area contributed by atoms with Gasteiger partial charge in [0.15, 0.2) is 5.65 Å². The second-order valence-electron chi connectivity index (χ2n) is 6.76. The van der Waals surface area contributed by atoms with Gasteiger partial charge in [-0.15, -0.1) is 0 Å². The van der Waals surface area contributed by atoms with Crippen molar-refractivity contribution in [3.8, 4) is 10.9 Å². The number of nitrogens with zero attached hydrogens (tertiary/aromatic N) is 3. The number of fused-ring (bicyclic) bond motifs is 1. The number of ether oxygens (including phenoxy) is 1. The maximum atomic E-state index is 11.0. The van der Waals surface area contributed by atoms with E-state index in [0.29, 0.717) is 10.8 Å². The fourth-order valence-electron chi connectivity index (χ4n) is 3.31. The Kier molecular flexibility index (Phi) is 5.31. The molecule has 6 nitrogen and oxygen atoms in total. The molecule has 140 valence electrons. The summed E-state index contributed by atoms with van der Waals surface area (Å²) in [5.74, 6) is -0.0652. The van der Waals surface area contributed by atoms with Crippen LogP contribution in [0.4, 0.5) is 0 Å². The van der Waals surface area contributed by atoms with Gasteiger partial charge in [0.05, 0.1) is 10.6 Å². The molecule has 3 heterocycles. The number of carbonyl (C=O) groups is 1. The molecule has 0 atom stereocenters. The van der Waals surface area contributed by atoms with Crippen molar-refractivity contribution in [1.29, 1.82) is 0 Å². The highest BCUT2D eigenvalue weighted by Crippen LogP contribution is 2.30. The zero-order chi connectivity index (χ0) is 18.6. The summed E-state index contributed by atoms with van der Waals surface area (Å²) in [5, 5.41) is 9.66. The standard InChI is InChI=1S/C20H21N3O3S/c24-19(25)15-8-12-23(13-9-15)11-7-14-3-5-16(6-4-14)26-20-22-18-17(27-20)2-1-10-21-18/h1-6,10,15H,7-9,11-13H2,(H,24,25). The van der Waals surface area contributed by atoms with Gasteiger partial charge in [0.2, 0.25) is 0 Å². The minimum Gasteiger partial charge on any atom is -0.481 e. The number of carboxylic acid groups (broad SMARTS) is 1. The lowest BCUT2D eigenvalue weighted by Gasteiger charge is -2.29. The number of aromatic nitrogens is 2. The lowest BCUT2D eigenvalue weighted by molar-refractivity contribution is -0.143. The van der Waals surface area contributed by atoms with Gasteiger partial charge in [-0.05, 0) is 62.2 Å². The average Bonchev–Trinajstić information content (AvgIpc) is 3.10. The largest absolute Gasteiger partial charge is 0.481 e. The van der Waals surface area contributed by atoms with Crippen molar-refractivity contribution < 1.29 is 14.6 Å². The Bertz CT molecular complexity index is 885. The van der Waals surface area contributed by atoms with E-state index in [1.54, 1.807) is 6.20 Å². The van der Waals surface area contributed by atoms with E-state index in [4.69, 9.17) is 9.84 Å². The predicted molar refractivity (Wildman–Crippen MR) is 104 cm³/mol. The molecule has 1 aliphatic rings. The van der Waals surface area contributed by atoms with Crippen LogP contribution >= 0.6 is 11.3 Å². The molecule has 1 N–H and O–H groups in total. The number of thiazole rings is 1. The Morgan fingerprint density at radius 3 is 2.70 bits per heavy atom. The SMILES string of the molecule is O=C(O)C1CCN(CCc2ccc(Oc3nc4ncccc4s3)cc2)CC1.